The van der Waals surface area contributed by atoms with Crippen LogP contribution in [0.1, 0.15) is 24.8 Å². The Morgan fingerprint density at radius 3 is 2.03 bits per heavy atom. The van der Waals surface area contributed by atoms with Crippen molar-refractivity contribution in [3.05, 3.63) is 90.5 Å². The Kier molecular flexibility index (Phi) is 6.65. The molecule has 172 valence electrons. The topological polar surface area (TPSA) is 21.8 Å². The van der Waals surface area contributed by atoms with Crippen molar-refractivity contribution < 1.29 is 0 Å². The molecule has 0 amide bonds. The van der Waals surface area contributed by atoms with Crippen LogP contribution in [0.4, 0.5) is 17.1 Å². The summed E-state index contributed by atoms with van der Waals surface area (Å²) < 4.78 is 0. The van der Waals surface area contributed by atoms with E-state index in [9.17, 15) is 0 Å². The second-order valence-corrected chi connectivity index (χ2v) is 9.59. The number of anilines is 3. The molecule has 0 aliphatic carbocycles. The van der Waals surface area contributed by atoms with E-state index >= 15 is 0 Å². The second kappa shape index (κ2) is 9.98. The molecule has 3 aromatic rings. The number of hydrogen-bond donors (Lipinski definition) is 1. The number of likely N-dealkylation sites (tertiary alicyclic amines) is 1. The van der Waals surface area contributed by atoms with Gasteiger partial charge in [0, 0.05) is 43.2 Å². The summed E-state index contributed by atoms with van der Waals surface area (Å²) in [6, 6.07) is 30.6. The van der Waals surface area contributed by atoms with Gasteiger partial charge in [-0.25, -0.2) is 0 Å². The first-order valence-electron chi connectivity index (χ1n) is 12.4. The molecule has 5 rings (SSSR count). The van der Waals surface area contributed by atoms with Crippen LogP contribution in [-0.4, -0.2) is 49.8 Å². The van der Waals surface area contributed by atoms with E-state index in [1.54, 1.807) is 0 Å². The fraction of sp³-hybridized carbons (Fsp3) is 0.379. The van der Waals surface area contributed by atoms with Crippen molar-refractivity contribution >= 4 is 17.1 Å². The van der Waals surface area contributed by atoms with Gasteiger partial charge in [-0.3, -0.25) is 5.32 Å². The van der Waals surface area contributed by atoms with Gasteiger partial charge in [0.1, 0.15) is 0 Å². The highest BCUT2D eigenvalue weighted by atomic mass is 15.4. The van der Waals surface area contributed by atoms with Gasteiger partial charge in [0.2, 0.25) is 0 Å². The lowest BCUT2D eigenvalue weighted by atomic mass is 9.86. The SMILES string of the molecule is Cc1ccc(N2CNCC23CCN(CCCN(c2ccccc2)c2ccccc2)CC3)cc1. The van der Waals surface area contributed by atoms with Crippen molar-refractivity contribution in [2.45, 2.75) is 31.7 Å². The van der Waals surface area contributed by atoms with E-state index in [0.717, 1.165) is 32.7 Å². The number of rotatable bonds is 7. The molecule has 2 heterocycles. The van der Waals surface area contributed by atoms with Gasteiger partial charge in [-0.05, 0) is 69.1 Å². The number of nitrogens with zero attached hydrogens (tertiary/aromatic N) is 3. The number of piperidine rings is 1. The van der Waals surface area contributed by atoms with E-state index in [2.05, 4.69) is 112 Å². The zero-order valence-electron chi connectivity index (χ0n) is 19.8. The average Bonchev–Trinajstić information content (AvgIpc) is 3.27. The fourth-order valence-electron chi connectivity index (χ4n) is 5.47. The van der Waals surface area contributed by atoms with Crippen molar-refractivity contribution in [3.8, 4) is 0 Å². The van der Waals surface area contributed by atoms with Gasteiger partial charge in [-0.1, -0.05) is 54.1 Å². The van der Waals surface area contributed by atoms with Crippen molar-refractivity contribution in [3.63, 3.8) is 0 Å². The third-order valence-corrected chi connectivity index (χ3v) is 7.42. The molecule has 0 atom stereocenters. The molecular weight excluding hydrogens is 404 g/mol. The summed E-state index contributed by atoms with van der Waals surface area (Å²) in [6.45, 7) is 8.78. The first-order chi connectivity index (χ1) is 16.2. The van der Waals surface area contributed by atoms with Crippen LogP contribution >= 0.6 is 0 Å². The van der Waals surface area contributed by atoms with Crippen molar-refractivity contribution in [1.82, 2.24) is 10.2 Å². The van der Waals surface area contributed by atoms with Crippen LogP contribution < -0.4 is 15.1 Å². The zero-order valence-corrected chi connectivity index (χ0v) is 19.8. The molecule has 0 saturated carbocycles. The van der Waals surface area contributed by atoms with E-state index in [0.29, 0.717) is 0 Å². The standard InChI is InChI=1S/C29H36N4/c1-25-13-15-28(16-14-25)33-24-30-23-29(33)17-21-31(22-18-29)19-8-20-32(26-9-4-2-5-10-26)27-11-6-3-7-12-27/h2-7,9-16,30H,8,17-24H2,1H3. The average molecular weight is 441 g/mol. The molecule has 0 unspecified atom stereocenters. The summed E-state index contributed by atoms with van der Waals surface area (Å²) in [5.74, 6) is 0. The predicted octanol–water partition coefficient (Wildman–Crippen LogP) is 5.43. The number of para-hydroxylation sites is 2. The quantitative estimate of drug-likeness (QED) is 0.529. The van der Waals surface area contributed by atoms with Gasteiger partial charge in [0.15, 0.2) is 0 Å². The van der Waals surface area contributed by atoms with Gasteiger partial charge in [0.05, 0.1) is 12.2 Å². The van der Waals surface area contributed by atoms with Crippen LogP contribution in [0, 0.1) is 6.92 Å². The molecule has 33 heavy (non-hydrogen) atoms. The summed E-state index contributed by atoms with van der Waals surface area (Å²) in [5.41, 5.74) is 5.50. The van der Waals surface area contributed by atoms with Crippen molar-refractivity contribution in [2.24, 2.45) is 0 Å². The number of benzene rings is 3. The monoisotopic (exact) mass is 440 g/mol. The molecule has 1 N–H and O–H groups in total. The number of nitrogens with one attached hydrogen (secondary N) is 1. The summed E-state index contributed by atoms with van der Waals surface area (Å²) in [4.78, 5) is 7.74. The van der Waals surface area contributed by atoms with E-state index in [4.69, 9.17) is 0 Å². The highest BCUT2D eigenvalue weighted by Crippen LogP contribution is 2.35. The van der Waals surface area contributed by atoms with Crippen molar-refractivity contribution in [1.29, 1.82) is 0 Å². The molecule has 2 saturated heterocycles. The molecule has 1 spiro atoms. The first-order valence-corrected chi connectivity index (χ1v) is 12.4. The van der Waals surface area contributed by atoms with Crippen LogP contribution in [0.2, 0.25) is 0 Å². The minimum absolute atomic E-state index is 0.270. The molecule has 0 bridgehead atoms. The Morgan fingerprint density at radius 1 is 0.818 bits per heavy atom. The largest absolute Gasteiger partial charge is 0.352 e. The maximum absolute atomic E-state index is 3.66. The van der Waals surface area contributed by atoms with Gasteiger partial charge < -0.3 is 14.7 Å². The fourth-order valence-corrected chi connectivity index (χ4v) is 5.47. The number of hydrogen-bond acceptors (Lipinski definition) is 4. The minimum atomic E-state index is 0.270. The smallest absolute Gasteiger partial charge is 0.0689 e. The Labute approximate surface area is 198 Å². The highest BCUT2D eigenvalue weighted by Gasteiger charge is 2.43. The van der Waals surface area contributed by atoms with Crippen LogP contribution in [0.25, 0.3) is 0 Å². The summed E-state index contributed by atoms with van der Waals surface area (Å²) in [6.07, 6.45) is 3.63. The lowest BCUT2D eigenvalue weighted by molar-refractivity contribution is 0.168. The van der Waals surface area contributed by atoms with Gasteiger partial charge in [-0.15, -0.1) is 0 Å². The molecule has 4 nitrogen and oxygen atoms in total. The second-order valence-electron chi connectivity index (χ2n) is 9.59. The molecule has 2 fully saturated rings. The third-order valence-electron chi connectivity index (χ3n) is 7.42. The predicted molar refractivity (Wildman–Crippen MR) is 139 cm³/mol. The molecule has 2 aliphatic rings. The lowest BCUT2D eigenvalue weighted by Crippen LogP contribution is -2.54. The third kappa shape index (κ3) is 4.92. The van der Waals surface area contributed by atoms with Crippen LogP contribution in [0.15, 0.2) is 84.9 Å². The van der Waals surface area contributed by atoms with E-state index in [-0.39, 0.29) is 5.54 Å². The summed E-state index contributed by atoms with van der Waals surface area (Å²) >= 11 is 0. The molecule has 0 radical (unpaired) electrons. The van der Waals surface area contributed by atoms with Crippen LogP contribution in [-0.2, 0) is 0 Å². The lowest BCUT2D eigenvalue weighted by Gasteiger charge is -2.45. The van der Waals surface area contributed by atoms with Gasteiger partial charge in [0.25, 0.3) is 0 Å². The van der Waals surface area contributed by atoms with Gasteiger partial charge in [-0.2, -0.15) is 0 Å². The van der Waals surface area contributed by atoms with E-state index in [1.165, 1.54) is 48.6 Å². The molecule has 3 aromatic carbocycles. The first kappa shape index (κ1) is 22.0. The van der Waals surface area contributed by atoms with Crippen molar-refractivity contribution in [2.75, 3.05) is 49.2 Å². The Hall–Kier alpha value is -2.82. The minimum Gasteiger partial charge on any atom is -0.352 e. The van der Waals surface area contributed by atoms with Crippen LogP contribution in [0.5, 0.6) is 0 Å². The summed E-state index contributed by atoms with van der Waals surface area (Å²) in [5, 5.41) is 3.66. The Bertz CT molecular complexity index is 955. The normalized spacial score (nSPS) is 18.0. The summed E-state index contributed by atoms with van der Waals surface area (Å²) in [7, 11) is 0. The molecule has 2 aliphatic heterocycles. The Balaban J connectivity index is 1.18. The van der Waals surface area contributed by atoms with E-state index < -0.39 is 0 Å². The highest BCUT2D eigenvalue weighted by molar-refractivity contribution is 5.62. The molecule has 4 heteroatoms. The maximum Gasteiger partial charge on any atom is 0.0689 e. The van der Waals surface area contributed by atoms with Crippen LogP contribution in [0.3, 0.4) is 0 Å². The van der Waals surface area contributed by atoms with Gasteiger partial charge >= 0.3 is 0 Å². The van der Waals surface area contributed by atoms with E-state index in [1.807, 2.05) is 0 Å². The number of aryl methyl sites for hydroxylation is 1. The maximum atomic E-state index is 3.66. The Morgan fingerprint density at radius 2 is 1.42 bits per heavy atom. The zero-order chi connectivity index (χ0) is 22.5. The molecule has 0 aromatic heterocycles. The molecular formula is C29H36N4.